The average Bonchev–Trinajstić information content (AvgIpc) is 3.31. The monoisotopic (exact) mass is 515 g/mol. The van der Waals surface area contributed by atoms with Crippen molar-refractivity contribution in [2.24, 2.45) is 0 Å². The van der Waals surface area contributed by atoms with Crippen LogP contribution in [0.25, 0.3) is 11.1 Å². The Hall–Kier alpha value is -3.78. The number of rotatable bonds is 7. The first-order valence-electron chi connectivity index (χ1n) is 12.5. The molecule has 2 heterocycles. The van der Waals surface area contributed by atoms with Crippen LogP contribution in [0.5, 0.6) is 5.88 Å². The minimum atomic E-state index is -4.34. The molecule has 0 bridgehead atoms. The molecule has 0 fully saturated rings. The molecule has 8 heteroatoms. The Morgan fingerprint density at radius 3 is 2.54 bits per heavy atom. The van der Waals surface area contributed by atoms with Crippen molar-refractivity contribution in [2.75, 3.05) is 0 Å². The second-order valence-electron chi connectivity index (χ2n) is 9.38. The van der Waals surface area contributed by atoms with Crippen LogP contribution in [0.4, 0.5) is 0 Å². The molecule has 0 unspecified atom stereocenters. The van der Waals surface area contributed by atoms with Gasteiger partial charge in [-0.3, -0.25) is 14.3 Å². The van der Waals surface area contributed by atoms with Gasteiger partial charge in [-0.15, -0.1) is 0 Å². The van der Waals surface area contributed by atoms with Gasteiger partial charge in [0.25, 0.3) is 5.56 Å². The summed E-state index contributed by atoms with van der Waals surface area (Å²) in [5.74, 6) is -0.335. The Morgan fingerprint density at radius 1 is 1.05 bits per heavy atom. The standard InChI is InChI=1S/C29H29N3O4S/c1-3-4-11-26-31-28(33)27(29(34)32(26)25-17-14-20-8-5-6-9-24(20)25)37(35,36)22-15-12-21(13-16-22)23-10-7-18-30-19(23)2/h5-10,12-13,15-16,18,25,33H,3-4,11,14,17H2,1-2H3/t25-/m0/s1. The molecule has 7 nitrogen and oxygen atoms in total. The van der Waals surface area contributed by atoms with Crippen molar-refractivity contribution in [2.45, 2.75) is 61.8 Å². The number of unbranched alkanes of at least 4 members (excludes halogenated alkanes) is 1. The van der Waals surface area contributed by atoms with Crippen LogP contribution in [-0.4, -0.2) is 28.1 Å². The molecule has 2 aromatic heterocycles. The zero-order valence-corrected chi connectivity index (χ0v) is 21.7. The van der Waals surface area contributed by atoms with Gasteiger partial charge in [-0.05, 0) is 61.1 Å². The van der Waals surface area contributed by atoms with E-state index in [1.165, 1.54) is 16.7 Å². The maximum atomic E-state index is 13.9. The largest absolute Gasteiger partial charge is 0.492 e. The zero-order chi connectivity index (χ0) is 26.2. The van der Waals surface area contributed by atoms with Gasteiger partial charge in [-0.2, -0.15) is 4.98 Å². The Morgan fingerprint density at radius 2 is 1.81 bits per heavy atom. The van der Waals surface area contributed by atoms with Gasteiger partial charge in [0.05, 0.1) is 10.9 Å². The lowest BCUT2D eigenvalue weighted by Gasteiger charge is -2.21. The third-order valence-corrected chi connectivity index (χ3v) is 8.83. The third-order valence-electron chi connectivity index (χ3n) is 7.05. The fourth-order valence-electron chi connectivity index (χ4n) is 5.14. The van der Waals surface area contributed by atoms with E-state index in [-0.39, 0.29) is 10.9 Å². The Balaban J connectivity index is 1.63. The summed E-state index contributed by atoms with van der Waals surface area (Å²) in [6.45, 7) is 3.91. The molecule has 0 saturated carbocycles. The van der Waals surface area contributed by atoms with E-state index in [0.29, 0.717) is 18.7 Å². The number of aryl methyl sites for hydroxylation is 3. The lowest BCUT2D eigenvalue weighted by atomic mass is 10.1. The van der Waals surface area contributed by atoms with Crippen LogP contribution in [0.3, 0.4) is 0 Å². The van der Waals surface area contributed by atoms with Crippen molar-refractivity contribution in [3.05, 3.63) is 99.9 Å². The van der Waals surface area contributed by atoms with Gasteiger partial charge in [0.1, 0.15) is 5.82 Å². The molecule has 5 rings (SSSR count). The molecule has 1 N–H and O–H groups in total. The molecule has 190 valence electrons. The normalized spacial score (nSPS) is 15.0. The number of fused-ring (bicyclic) bond motifs is 1. The highest BCUT2D eigenvalue weighted by Gasteiger charge is 2.33. The topological polar surface area (TPSA) is 102 Å². The van der Waals surface area contributed by atoms with Crippen molar-refractivity contribution < 1.29 is 13.5 Å². The number of pyridine rings is 1. The molecule has 2 aromatic carbocycles. The van der Waals surface area contributed by atoms with Crippen molar-refractivity contribution >= 4 is 9.84 Å². The lowest BCUT2D eigenvalue weighted by molar-refractivity contribution is 0.408. The van der Waals surface area contributed by atoms with Gasteiger partial charge in [-0.1, -0.05) is 55.8 Å². The van der Waals surface area contributed by atoms with Gasteiger partial charge < -0.3 is 5.11 Å². The summed E-state index contributed by atoms with van der Waals surface area (Å²) in [4.78, 5) is 21.7. The SMILES string of the molecule is CCCCc1nc(O)c(S(=O)(=O)c2ccc(-c3cccnc3C)cc2)c(=O)n1[C@H]1CCc2ccccc21. The molecular weight excluding hydrogens is 486 g/mol. The maximum absolute atomic E-state index is 13.9. The van der Waals surface area contributed by atoms with E-state index in [0.717, 1.165) is 47.2 Å². The van der Waals surface area contributed by atoms with E-state index in [2.05, 4.69) is 9.97 Å². The van der Waals surface area contributed by atoms with E-state index < -0.39 is 26.2 Å². The summed E-state index contributed by atoms with van der Waals surface area (Å²) in [5, 5.41) is 10.8. The molecule has 4 aromatic rings. The molecule has 37 heavy (non-hydrogen) atoms. The number of benzene rings is 2. The first-order chi connectivity index (χ1) is 17.8. The van der Waals surface area contributed by atoms with E-state index in [9.17, 15) is 18.3 Å². The Bertz CT molecular complexity index is 1630. The van der Waals surface area contributed by atoms with Crippen LogP contribution in [0, 0.1) is 6.92 Å². The average molecular weight is 516 g/mol. The van der Waals surface area contributed by atoms with Gasteiger partial charge in [0.15, 0.2) is 4.90 Å². The molecule has 0 saturated heterocycles. The number of nitrogens with zero attached hydrogens (tertiary/aromatic N) is 3. The molecule has 1 atom stereocenters. The fourth-order valence-corrected chi connectivity index (χ4v) is 6.48. The predicted octanol–water partition coefficient (Wildman–Crippen LogP) is 5.03. The minimum Gasteiger partial charge on any atom is -0.492 e. The summed E-state index contributed by atoms with van der Waals surface area (Å²) in [6, 6.07) is 17.6. The number of sulfone groups is 1. The van der Waals surface area contributed by atoms with Gasteiger partial charge in [0.2, 0.25) is 15.7 Å². The summed E-state index contributed by atoms with van der Waals surface area (Å²) in [7, 11) is -4.34. The molecule has 0 radical (unpaired) electrons. The molecule has 0 aliphatic heterocycles. The maximum Gasteiger partial charge on any atom is 0.277 e. The molecule has 1 aliphatic rings. The molecule has 0 spiro atoms. The summed E-state index contributed by atoms with van der Waals surface area (Å²) in [6.07, 6.45) is 5.27. The van der Waals surface area contributed by atoms with Crippen LogP contribution >= 0.6 is 0 Å². The van der Waals surface area contributed by atoms with E-state index in [1.807, 2.05) is 50.2 Å². The Labute approximate surface area is 216 Å². The third kappa shape index (κ3) is 4.46. The first-order valence-corrected chi connectivity index (χ1v) is 14.0. The van der Waals surface area contributed by atoms with Crippen LogP contribution in [-0.2, 0) is 22.7 Å². The lowest BCUT2D eigenvalue weighted by Crippen LogP contribution is -2.33. The number of aromatic nitrogens is 3. The second kappa shape index (κ2) is 9.94. The predicted molar refractivity (Wildman–Crippen MR) is 142 cm³/mol. The van der Waals surface area contributed by atoms with Crippen LogP contribution < -0.4 is 5.56 Å². The number of hydrogen-bond acceptors (Lipinski definition) is 6. The Kier molecular flexibility index (Phi) is 6.69. The van der Waals surface area contributed by atoms with Crippen LogP contribution in [0.1, 0.15) is 54.9 Å². The molecular formula is C29H29N3O4S. The van der Waals surface area contributed by atoms with Crippen molar-refractivity contribution in [3.8, 4) is 17.0 Å². The smallest absolute Gasteiger partial charge is 0.277 e. The zero-order valence-electron chi connectivity index (χ0n) is 20.9. The first kappa shape index (κ1) is 24.9. The summed E-state index contributed by atoms with van der Waals surface area (Å²) >= 11 is 0. The molecule has 0 amide bonds. The highest BCUT2D eigenvalue weighted by Crippen LogP contribution is 2.36. The molecule has 1 aliphatic carbocycles. The van der Waals surface area contributed by atoms with E-state index in [4.69, 9.17) is 0 Å². The van der Waals surface area contributed by atoms with Gasteiger partial charge in [0, 0.05) is 23.9 Å². The fraction of sp³-hybridized carbons (Fsp3) is 0.276. The summed E-state index contributed by atoms with van der Waals surface area (Å²) in [5.41, 5.74) is 3.92. The van der Waals surface area contributed by atoms with Gasteiger partial charge >= 0.3 is 0 Å². The van der Waals surface area contributed by atoms with Crippen molar-refractivity contribution in [1.82, 2.24) is 14.5 Å². The summed E-state index contributed by atoms with van der Waals surface area (Å²) < 4.78 is 28.9. The van der Waals surface area contributed by atoms with Crippen molar-refractivity contribution in [3.63, 3.8) is 0 Å². The van der Waals surface area contributed by atoms with E-state index in [1.54, 1.807) is 18.3 Å². The number of aromatic hydroxyl groups is 1. The quantitative estimate of drug-likeness (QED) is 0.370. The van der Waals surface area contributed by atoms with Crippen LogP contribution in [0.2, 0.25) is 0 Å². The van der Waals surface area contributed by atoms with Crippen molar-refractivity contribution in [1.29, 1.82) is 0 Å². The minimum absolute atomic E-state index is 0.0772. The van der Waals surface area contributed by atoms with E-state index >= 15 is 0 Å². The number of hydrogen-bond donors (Lipinski definition) is 1. The second-order valence-corrected chi connectivity index (χ2v) is 11.3. The highest BCUT2D eigenvalue weighted by molar-refractivity contribution is 7.91. The highest BCUT2D eigenvalue weighted by atomic mass is 32.2. The van der Waals surface area contributed by atoms with Crippen LogP contribution in [0.15, 0.2) is 81.4 Å². The van der Waals surface area contributed by atoms with Gasteiger partial charge in [-0.25, -0.2) is 8.42 Å².